The van der Waals surface area contributed by atoms with Crippen molar-refractivity contribution in [3.05, 3.63) is 36.2 Å². The Labute approximate surface area is 110 Å². The van der Waals surface area contributed by atoms with Crippen LogP contribution in [0.25, 0.3) is 0 Å². The molecule has 3 rings (SSSR count). The first kappa shape index (κ1) is 12.5. The fraction of sp³-hybridized carbons (Fsp3) is 0.167. The van der Waals surface area contributed by atoms with Crippen molar-refractivity contribution in [3.8, 4) is 23.3 Å². The van der Waals surface area contributed by atoms with Crippen molar-refractivity contribution in [1.82, 2.24) is 9.97 Å². The molecule has 0 radical (unpaired) electrons. The molecule has 0 bridgehead atoms. The molecule has 0 saturated heterocycles. The Morgan fingerprint density at radius 1 is 1.10 bits per heavy atom. The van der Waals surface area contributed by atoms with E-state index < -0.39 is 17.9 Å². The van der Waals surface area contributed by atoms with E-state index in [-0.39, 0.29) is 12.5 Å². The molecule has 0 amide bonds. The third-order valence-corrected chi connectivity index (χ3v) is 2.48. The first-order valence-corrected chi connectivity index (χ1v) is 5.50. The predicted molar refractivity (Wildman–Crippen MR) is 59.7 cm³/mol. The smallest absolute Gasteiger partial charge is 0.433 e. The standard InChI is InChI=1S/C12H7F3N2O3/c13-12(14,15)10-3-4-16-11(17-10)20-7-1-2-8-9(5-7)19-6-18-8/h1-5H,6H2. The molecule has 2 aromatic rings. The Balaban J connectivity index is 1.84. The molecular weight excluding hydrogens is 277 g/mol. The van der Waals surface area contributed by atoms with Crippen molar-refractivity contribution < 1.29 is 27.4 Å². The molecule has 1 aromatic carbocycles. The number of rotatable bonds is 2. The lowest BCUT2D eigenvalue weighted by Gasteiger charge is -2.08. The number of benzene rings is 1. The molecule has 8 heteroatoms. The van der Waals surface area contributed by atoms with Gasteiger partial charge in [0.05, 0.1) is 0 Å². The van der Waals surface area contributed by atoms with E-state index in [9.17, 15) is 13.2 Å². The van der Waals surface area contributed by atoms with Gasteiger partial charge in [-0.1, -0.05) is 0 Å². The largest absolute Gasteiger partial charge is 0.454 e. The molecule has 1 aliphatic rings. The molecule has 0 atom stereocenters. The van der Waals surface area contributed by atoms with Crippen molar-refractivity contribution in [1.29, 1.82) is 0 Å². The van der Waals surface area contributed by atoms with Gasteiger partial charge in [0.2, 0.25) is 6.79 Å². The summed E-state index contributed by atoms with van der Waals surface area (Å²) in [6.45, 7) is 0.0961. The third kappa shape index (κ3) is 2.44. The zero-order valence-electron chi connectivity index (χ0n) is 9.85. The Morgan fingerprint density at radius 2 is 1.90 bits per heavy atom. The van der Waals surface area contributed by atoms with E-state index in [2.05, 4.69) is 9.97 Å². The summed E-state index contributed by atoms with van der Waals surface area (Å²) < 4.78 is 52.9. The van der Waals surface area contributed by atoms with Crippen LogP contribution in [-0.2, 0) is 6.18 Å². The highest BCUT2D eigenvalue weighted by Crippen LogP contribution is 2.36. The van der Waals surface area contributed by atoms with E-state index in [1.54, 1.807) is 6.07 Å². The summed E-state index contributed by atoms with van der Waals surface area (Å²) in [5.74, 6) is 1.25. The first-order chi connectivity index (χ1) is 9.52. The summed E-state index contributed by atoms with van der Waals surface area (Å²) in [5, 5.41) is 0. The Bertz CT molecular complexity index is 646. The zero-order chi connectivity index (χ0) is 14.2. The minimum Gasteiger partial charge on any atom is -0.454 e. The SMILES string of the molecule is FC(F)(F)c1ccnc(Oc2ccc3c(c2)OCO3)n1. The summed E-state index contributed by atoms with van der Waals surface area (Å²) in [7, 11) is 0. The second-order valence-corrected chi connectivity index (χ2v) is 3.84. The lowest BCUT2D eigenvalue weighted by atomic mass is 10.3. The summed E-state index contributed by atoms with van der Waals surface area (Å²) in [6, 6.07) is 4.99. The van der Waals surface area contributed by atoms with Gasteiger partial charge in [0, 0.05) is 12.3 Å². The Kier molecular flexibility index (Phi) is 2.85. The number of halogens is 3. The molecule has 0 unspecified atom stereocenters. The van der Waals surface area contributed by atoms with E-state index in [0.29, 0.717) is 11.5 Å². The quantitative estimate of drug-likeness (QED) is 0.848. The van der Waals surface area contributed by atoms with Crippen LogP contribution in [0.3, 0.4) is 0 Å². The van der Waals surface area contributed by atoms with Crippen LogP contribution in [0.15, 0.2) is 30.5 Å². The number of nitrogens with zero attached hydrogens (tertiary/aromatic N) is 2. The summed E-state index contributed by atoms with van der Waals surface area (Å²) in [4.78, 5) is 6.94. The first-order valence-electron chi connectivity index (χ1n) is 5.50. The molecular formula is C12H7F3N2O3. The van der Waals surface area contributed by atoms with Crippen molar-refractivity contribution >= 4 is 0 Å². The molecule has 0 saturated carbocycles. The van der Waals surface area contributed by atoms with Crippen LogP contribution in [-0.4, -0.2) is 16.8 Å². The van der Waals surface area contributed by atoms with E-state index in [0.717, 1.165) is 12.3 Å². The third-order valence-electron chi connectivity index (χ3n) is 2.48. The number of hydrogen-bond acceptors (Lipinski definition) is 5. The highest BCUT2D eigenvalue weighted by molar-refractivity contribution is 5.47. The topological polar surface area (TPSA) is 53.5 Å². The van der Waals surface area contributed by atoms with Gasteiger partial charge in [0.15, 0.2) is 17.2 Å². The van der Waals surface area contributed by atoms with Gasteiger partial charge in [-0.25, -0.2) is 4.98 Å². The molecule has 104 valence electrons. The van der Waals surface area contributed by atoms with Gasteiger partial charge in [-0.2, -0.15) is 18.2 Å². The van der Waals surface area contributed by atoms with Gasteiger partial charge in [-0.15, -0.1) is 0 Å². The van der Waals surface area contributed by atoms with Crippen molar-refractivity contribution in [2.75, 3.05) is 6.79 Å². The highest BCUT2D eigenvalue weighted by Gasteiger charge is 2.33. The highest BCUT2D eigenvalue weighted by atomic mass is 19.4. The van der Waals surface area contributed by atoms with Crippen molar-refractivity contribution in [3.63, 3.8) is 0 Å². The molecule has 1 aromatic heterocycles. The number of hydrogen-bond donors (Lipinski definition) is 0. The van der Waals surface area contributed by atoms with Crippen LogP contribution >= 0.6 is 0 Å². The molecule has 20 heavy (non-hydrogen) atoms. The van der Waals surface area contributed by atoms with E-state index in [1.807, 2.05) is 0 Å². The molecule has 1 aliphatic heterocycles. The van der Waals surface area contributed by atoms with Crippen LogP contribution in [0.2, 0.25) is 0 Å². The van der Waals surface area contributed by atoms with Crippen LogP contribution in [0.4, 0.5) is 13.2 Å². The number of aromatic nitrogens is 2. The maximum absolute atomic E-state index is 12.5. The van der Waals surface area contributed by atoms with Gasteiger partial charge in [0.1, 0.15) is 5.75 Å². The molecule has 5 nitrogen and oxygen atoms in total. The van der Waals surface area contributed by atoms with Crippen LogP contribution < -0.4 is 14.2 Å². The fourth-order valence-corrected chi connectivity index (χ4v) is 1.59. The average Bonchev–Trinajstić information content (AvgIpc) is 2.85. The molecule has 0 aliphatic carbocycles. The maximum atomic E-state index is 12.5. The van der Waals surface area contributed by atoms with Gasteiger partial charge in [-0.3, -0.25) is 0 Å². The Hall–Kier alpha value is -2.51. The zero-order valence-corrected chi connectivity index (χ0v) is 9.85. The number of fused-ring (bicyclic) bond motifs is 1. The number of alkyl halides is 3. The van der Waals surface area contributed by atoms with Crippen molar-refractivity contribution in [2.24, 2.45) is 0 Å². The lowest BCUT2D eigenvalue weighted by molar-refractivity contribution is -0.141. The summed E-state index contributed by atoms with van der Waals surface area (Å²) in [5.41, 5.74) is -1.07. The minimum atomic E-state index is -4.55. The molecule has 0 fully saturated rings. The lowest BCUT2D eigenvalue weighted by Crippen LogP contribution is -2.08. The second kappa shape index (κ2) is 4.55. The monoisotopic (exact) mass is 284 g/mol. The summed E-state index contributed by atoms with van der Waals surface area (Å²) >= 11 is 0. The van der Waals surface area contributed by atoms with Gasteiger partial charge >= 0.3 is 12.2 Å². The summed E-state index contributed by atoms with van der Waals surface area (Å²) in [6.07, 6.45) is -3.56. The number of ether oxygens (including phenoxy) is 3. The molecule has 2 heterocycles. The van der Waals surface area contributed by atoms with Crippen molar-refractivity contribution in [2.45, 2.75) is 6.18 Å². The maximum Gasteiger partial charge on any atom is 0.433 e. The van der Waals surface area contributed by atoms with Crippen LogP contribution in [0.1, 0.15) is 5.69 Å². The van der Waals surface area contributed by atoms with E-state index in [4.69, 9.17) is 14.2 Å². The van der Waals surface area contributed by atoms with E-state index in [1.165, 1.54) is 12.1 Å². The molecule has 0 spiro atoms. The van der Waals surface area contributed by atoms with E-state index >= 15 is 0 Å². The van der Waals surface area contributed by atoms with Crippen LogP contribution in [0.5, 0.6) is 23.3 Å². The predicted octanol–water partition coefficient (Wildman–Crippen LogP) is 3.02. The fourth-order valence-electron chi connectivity index (χ4n) is 1.59. The van der Waals surface area contributed by atoms with Gasteiger partial charge in [-0.05, 0) is 18.2 Å². The average molecular weight is 284 g/mol. The Morgan fingerprint density at radius 3 is 2.70 bits per heavy atom. The normalized spacial score (nSPS) is 13.3. The van der Waals surface area contributed by atoms with Gasteiger partial charge in [0.25, 0.3) is 0 Å². The van der Waals surface area contributed by atoms with Crippen LogP contribution in [0, 0.1) is 0 Å². The molecule has 0 N–H and O–H groups in total. The second-order valence-electron chi connectivity index (χ2n) is 3.84. The minimum absolute atomic E-state index is 0.0961. The van der Waals surface area contributed by atoms with Gasteiger partial charge < -0.3 is 14.2 Å².